The summed E-state index contributed by atoms with van der Waals surface area (Å²) in [6.45, 7) is 0. The van der Waals surface area contributed by atoms with Crippen LogP contribution in [0.3, 0.4) is 0 Å². The van der Waals surface area contributed by atoms with Crippen LogP contribution >= 0.6 is 0 Å². The fourth-order valence-corrected chi connectivity index (χ4v) is 3.52. The first-order chi connectivity index (χ1) is 11.4. The zero-order valence-electron chi connectivity index (χ0n) is 12.5. The number of hydrogen-bond donors (Lipinski definition) is 3. The number of carbonyl (C=O) groups excluding carboxylic acids is 1. The van der Waals surface area contributed by atoms with Gasteiger partial charge in [-0.3, -0.25) is 4.79 Å². The van der Waals surface area contributed by atoms with Crippen molar-refractivity contribution in [1.29, 1.82) is 0 Å². The van der Waals surface area contributed by atoms with Gasteiger partial charge in [0.05, 0.1) is 12.8 Å². The van der Waals surface area contributed by atoms with E-state index in [4.69, 9.17) is 4.74 Å². The van der Waals surface area contributed by atoms with E-state index < -0.39 is 27.9 Å². The van der Waals surface area contributed by atoms with Crippen LogP contribution in [0.1, 0.15) is 0 Å². The lowest BCUT2D eigenvalue weighted by Crippen LogP contribution is -2.51. The highest BCUT2D eigenvalue weighted by Gasteiger charge is 2.33. The van der Waals surface area contributed by atoms with Crippen LogP contribution in [0.4, 0.5) is 15.8 Å². The predicted molar refractivity (Wildman–Crippen MR) is 85.8 cm³/mol. The SMILES string of the molecule is COc1ccc(NC(=O)[C@@H]2Nc3cc(F)ccc3S(=O)(=O)N2)cc1. The maximum absolute atomic E-state index is 13.3. The molecule has 0 radical (unpaired) electrons. The number of hydrogen-bond acceptors (Lipinski definition) is 5. The van der Waals surface area contributed by atoms with Gasteiger partial charge in [0.25, 0.3) is 5.91 Å². The summed E-state index contributed by atoms with van der Waals surface area (Å²) in [5, 5.41) is 5.24. The van der Waals surface area contributed by atoms with Gasteiger partial charge >= 0.3 is 0 Å². The van der Waals surface area contributed by atoms with Crippen LogP contribution in [0, 0.1) is 5.82 Å². The third-order valence-corrected chi connectivity index (χ3v) is 4.90. The monoisotopic (exact) mass is 351 g/mol. The van der Waals surface area contributed by atoms with Gasteiger partial charge in [0, 0.05) is 5.69 Å². The van der Waals surface area contributed by atoms with Crippen LogP contribution in [0.5, 0.6) is 5.75 Å². The van der Waals surface area contributed by atoms with E-state index in [-0.39, 0.29) is 10.6 Å². The zero-order chi connectivity index (χ0) is 17.3. The fourth-order valence-electron chi connectivity index (χ4n) is 2.26. The standard InChI is InChI=1S/C15H14FN3O4S/c1-23-11-5-3-10(4-6-11)17-15(20)14-18-12-8-9(16)2-7-13(12)24(21,22)19-14/h2-8,14,18-19H,1H3,(H,17,20)/t14-/m1/s1. The first-order valence-electron chi connectivity index (χ1n) is 6.92. The van der Waals surface area contributed by atoms with Crippen LogP contribution < -0.4 is 20.1 Å². The number of halogens is 1. The molecule has 126 valence electrons. The van der Waals surface area contributed by atoms with E-state index in [2.05, 4.69) is 15.4 Å². The number of anilines is 2. The third-order valence-electron chi connectivity index (χ3n) is 3.42. The van der Waals surface area contributed by atoms with Gasteiger partial charge in [0.15, 0.2) is 6.17 Å². The number of rotatable bonds is 3. The number of carbonyl (C=O) groups is 1. The van der Waals surface area contributed by atoms with E-state index >= 15 is 0 Å². The van der Waals surface area contributed by atoms with Gasteiger partial charge < -0.3 is 15.4 Å². The summed E-state index contributed by atoms with van der Waals surface area (Å²) in [5.41, 5.74) is 0.496. The molecule has 2 aromatic carbocycles. The van der Waals surface area contributed by atoms with Gasteiger partial charge in [-0.1, -0.05) is 0 Å². The maximum atomic E-state index is 13.3. The first-order valence-corrected chi connectivity index (χ1v) is 8.41. The molecular weight excluding hydrogens is 337 g/mol. The number of sulfonamides is 1. The Balaban J connectivity index is 1.81. The number of ether oxygens (including phenoxy) is 1. The lowest BCUT2D eigenvalue weighted by atomic mass is 10.2. The van der Waals surface area contributed by atoms with Crippen LogP contribution in [0.15, 0.2) is 47.4 Å². The predicted octanol–water partition coefficient (Wildman–Crippen LogP) is 1.50. The van der Waals surface area contributed by atoms with E-state index in [1.54, 1.807) is 24.3 Å². The molecule has 3 N–H and O–H groups in total. The van der Waals surface area contributed by atoms with Crippen molar-refractivity contribution in [1.82, 2.24) is 4.72 Å². The van der Waals surface area contributed by atoms with Crippen molar-refractivity contribution in [3.8, 4) is 5.75 Å². The lowest BCUT2D eigenvalue weighted by Gasteiger charge is -2.27. The second-order valence-electron chi connectivity index (χ2n) is 5.06. The highest BCUT2D eigenvalue weighted by atomic mass is 32.2. The molecule has 0 aromatic heterocycles. The molecule has 24 heavy (non-hydrogen) atoms. The van der Waals surface area contributed by atoms with Crippen LogP contribution in [-0.4, -0.2) is 27.6 Å². The molecule has 3 rings (SSSR count). The third kappa shape index (κ3) is 3.17. The smallest absolute Gasteiger partial charge is 0.262 e. The number of amides is 1. The summed E-state index contributed by atoms with van der Waals surface area (Å²) in [7, 11) is -2.40. The minimum atomic E-state index is -3.92. The maximum Gasteiger partial charge on any atom is 0.262 e. The van der Waals surface area contributed by atoms with Gasteiger partial charge in [0.1, 0.15) is 16.5 Å². The van der Waals surface area contributed by atoms with Gasteiger partial charge in [-0.05, 0) is 42.5 Å². The van der Waals surface area contributed by atoms with Crippen molar-refractivity contribution in [2.24, 2.45) is 0 Å². The van der Waals surface area contributed by atoms with E-state index in [9.17, 15) is 17.6 Å². The largest absolute Gasteiger partial charge is 0.497 e. The average Bonchev–Trinajstić information content (AvgIpc) is 2.54. The molecule has 0 aliphatic carbocycles. The summed E-state index contributed by atoms with van der Waals surface area (Å²) in [4.78, 5) is 12.2. The van der Waals surface area contributed by atoms with Gasteiger partial charge in [0.2, 0.25) is 10.0 Å². The molecule has 2 aromatic rings. The Morgan fingerprint density at radius 3 is 2.58 bits per heavy atom. The topological polar surface area (TPSA) is 96.5 Å². The van der Waals surface area contributed by atoms with E-state index in [1.807, 2.05) is 0 Å². The van der Waals surface area contributed by atoms with Crippen LogP contribution in [0.25, 0.3) is 0 Å². The van der Waals surface area contributed by atoms with Crippen molar-refractivity contribution in [3.63, 3.8) is 0 Å². The Morgan fingerprint density at radius 1 is 1.21 bits per heavy atom. The minimum Gasteiger partial charge on any atom is -0.497 e. The Bertz CT molecular complexity index is 884. The molecule has 0 fully saturated rings. The second kappa shape index (κ2) is 6.10. The van der Waals surface area contributed by atoms with E-state index in [0.29, 0.717) is 11.4 Å². The highest BCUT2D eigenvalue weighted by Crippen LogP contribution is 2.27. The number of benzene rings is 2. The minimum absolute atomic E-state index is 0.0311. The van der Waals surface area contributed by atoms with Crippen molar-refractivity contribution in [2.45, 2.75) is 11.1 Å². The van der Waals surface area contributed by atoms with E-state index in [0.717, 1.165) is 18.2 Å². The van der Waals surface area contributed by atoms with Crippen LogP contribution in [-0.2, 0) is 14.8 Å². The van der Waals surface area contributed by atoms with Gasteiger partial charge in [-0.25, -0.2) is 12.8 Å². The molecule has 0 unspecified atom stereocenters. The summed E-state index contributed by atoms with van der Waals surface area (Å²) in [6.07, 6.45) is -1.26. The Labute approximate surface area is 137 Å². The molecule has 0 saturated heterocycles. The lowest BCUT2D eigenvalue weighted by molar-refractivity contribution is -0.117. The number of methoxy groups -OCH3 is 1. The molecule has 1 atom stereocenters. The second-order valence-corrected chi connectivity index (χ2v) is 6.74. The molecule has 7 nitrogen and oxygen atoms in total. The molecule has 1 aliphatic rings. The van der Waals surface area contributed by atoms with Crippen molar-refractivity contribution < 1.29 is 22.3 Å². The quantitative estimate of drug-likeness (QED) is 0.779. The summed E-state index contributed by atoms with van der Waals surface area (Å²) >= 11 is 0. The fraction of sp³-hybridized carbons (Fsp3) is 0.133. The molecule has 0 saturated carbocycles. The molecule has 0 spiro atoms. The Hall–Kier alpha value is -2.65. The summed E-state index contributed by atoms with van der Waals surface area (Å²) < 4.78 is 44.9. The number of fused-ring (bicyclic) bond motifs is 1. The summed E-state index contributed by atoms with van der Waals surface area (Å²) in [5.74, 6) is -0.611. The van der Waals surface area contributed by atoms with Crippen molar-refractivity contribution >= 4 is 27.3 Å². The average molecular weight is 351 g/mol. The Kier molecular flexibility index (Phi) is 4.12. The highest BCUT2D eigenvalue weighted by molar-refractivity contribution is 7.89. The van der Waals surface area contributed by atoms with E-state index in [1.165, 1.54) is 7.11 Å². The van der Waals surface area contributed by atoms with Gasteiger partial charge in [-0.2, -0.15) is 4.72 Å². The zero-order valence-corrected chi connectivity index (χ0v) is 13.4. The van der Waals surface area contributed by atoms with Crippen LogP contribution in [0.2, 0.25) is 0 Å². The van der Waals surface area contributed by atoms with Gasteiger partial charge in [-0.15, -0.1) is 0 Å². The Morgan fingerprint density at radius 2 is 1.92 bits per heavy atom. The molecule has 1 heterocycles. The molecular formula is C15H14FN3O4S. The molecule has 1 aliphatic heterocycles. The van der Waals surface area contributed by atoms with Crippen molar-refractivity contribution in [3.05, 3.63) is 48.3 Å². The molecule has 9 heteroatoms. The normalized spacial score (nSPS) is 18.2. The van der Waals surface area contributed by atoms with Crippen molar-refractivity contribution in [2.75, 3.05) is 17.7 Å². The first kappa shape index (κ1) is 16.2. The number of nitrogens with one attached hydrogen (secondary N) is 3. The summed E-state index contributed by atoms with van der Waals surface area (Å²) in [6, 6.07) is 9.73. The molecule has 0 bridgehead atoms. The molecule has 1 amide bonds.